The highest BCUT2D eigenvalue weighted by molar-refractivity contribution is 5.99. The summed E-state index contributed by atoms with van der Waals surface area (Å²) in [5, 5.41) is 4.55. The predicted molar refractivity (Wildman–Crippen MR) is 157 cm³/mol. The van der Waals surface area contributed by atoms with Crippen LogP contribution in [-0.2, 0) is 13.6 Å². The van der Waals surface area contributed by atoms with Crippen molar-refractivity contribution in [2.24, 2.45) is 7.05 Å². The lowest BCUT2D eigenvalue weighted by molar-refractivity contribution is 0.0710. The Morgan fingerprint density at radius 2 is 1.67 bits per heavy atom. The molecule has 0 spiro atoms. The van der Waals surface area contributed by atoms with E-state index in [1.54, 1.807) is 42.2 Å². The topological polar surface area (TPSA) is 68.8 Å². The molecule has 0 saturated carbocycles. The predicted octanol–water partition coefficient (Wildman–Crippen LogP) is 6.33. The zero-order valence-corrected chi connectivity index (χ0v) is 23.0. The molecule has 1 amide bonds. The van der Waals surface area contributed by atoms with Crippen LogP contribution in [-0.4, -0.2) is 48.2 Å². The van der Waals surface area contributed by atoms with Crippen LogP contribution >= 0.6 is 0 Å². The molecule has 0 aliphatic carbocycles. The Balaban J connectivity index is 1.11. The van der Waals surface area contributed by atoms with Crippen LogP contribution in [0.5, 0.6) is 0 Å². The van der Waals surface area contributed by atoms with Crippen LogP contribution in [0.2, 0.25) is 0 Å². The van der Waals surface area contributed by atoms with Crippen molar-refractivity contribution >= 4 is 28.0 Å². The summed E-state index contributed by atoms with van der Waals surface area (Å²) < 4.78 is 31.6. The summed E-state index contributed by atoms with van der Waals surface area (Å²) in [6, 6.07) is 22.8. The molecule has 0 radical (unpaired) electrons. The van der Waals surface area contributed by atoms with Crippen LogP contribution < -0.4 is 0 Å². The van der Waals surface area contributed by atoms with Gasteiger partial charge in [0.25, 0.3) is 5.91 Å². The van der Waals surface area contributed by atoms with Gasteiger partial charge < -0.3 is 9.47 Å². The zero-order chi connectivity index (χ0) is 28.8. The van der Waals surface area contributed by atoms with Gasteiger partial charge in [-0.15, -0.1) is 0 Å². The van der Waals surface area contributed by atoms with Gasteiger partial charge in [0, 0.05) is 44.4 Å². The van der Waals surface area contributed by atoms with E-state index in [-0.39, 0.29) is 23.5 Å². The first-order valence-electron chi connectivity index (χ1n) is 14.0. The number of aryl methyl sites for hydroxylation is 1. The van der Waals surface area contributed by atoms with Gasteiger partial charge in [-0.3, -0.25) is 14.5 Å². The van der Waals surface area contributed by atoms with E-state index < -0.39 is 0 Å². The summed E-state index contributed by atoms with van der Waals surface area (Å²) in [6.45, 7) is 1.70. The summed E-state index contributed by atoms with van der Waals surface area (Å²) in [6.07, 6.45) is 3.12. The lowest BCUT2D eigenvalue weighted by Crippen LogP contribution is -2.38. The number of rotatable bonds is 5. The van der Waals surface area contributed by atoms with Gasteiger partial charge in [0.15, 0.2) is 0 Å². The molecule has 1 fully saturated rings. The summed E-state index contributed by atoms with van der Waals surface area (Å²) >= 11 is 0. The van der Waals surface area contributed by atoms with Gasteiger partial charge in [-0.25, -0.2) is 13.8 Å². The molecule has 0 unspecified atom stereocenters. The normalized spacial score (nSPS) is 14.2. The van der Waals surface area contributed by atoms with Gasteiger partial charge in [-0.05, 0) is 60.9 Å². The van der Waals surface area contributed by atoms with Crippen LogP contribution in [0.25, 0.3) is 33.3 Å². The lowest BCUT2D eigenvalue weighted by atomic mass is 9.95. The lowest BCUT2D eigenvalue weighted by Gasteiger charge is -2.32. The molecule has 210 valence electrons. The minimum atomic E-state index is -0.342. The fraction of sp³-hybridized carbons (Fsp3) is 0.212. The average molecular weight is 563 g/mol. The summed E-state index contributed by atoms with van der Waals surface area (Å²) in [7, 11) is 1.79. The quantitative estimate of drug-likeness (QED) is 0.246. The molecule has 7 rings (SSSR count). The second-order valence-electron chi connectivity index (χ2n) is 10.8. The summed E-state index contributed by atoms with van der Waals surface area (Å²) in [4.78, 5) is 25.0. The van der Waals surface area contributed by atoms with Crippen LogP contribution in [0, 0.1) is 11.6 Å². The van der Waals surface area contributed by atoms with Crippen molar-refractivity contribution in [3.8, 4) is 11.3 Å². The third-order valence-corrected chi connectivity index (χ3v) is 8.10. The minimum Gasteiger partial charge on any atom is -0.339 e. The number of likely N-dealkylation sites (tertiary alicyclic amines) is 1. The molecule has 42 heavy (non-hydrogen) atoms. The van der Waals surface area contributed by atoms with E-state index in [9.17, 15) is 13.6 Å². The standard InChI is InChI=1S/C33H28F2N6O/c1-39-29-18-24(19-36-31(29)30(38-39)23-7-5-9-26(35)17-23)33(42)40-14-12-22(13-15-40)32-37-27-10-2-3-11-28(27)41(32)20-21-6-4-8-25(34)16-21/h2-11,16-19,22H,12-15,20H2,1H3. The van der Waals surface area contributed by atoms with E-state index in [1.807, 2.05) is 41.3 Å². The first-order chi connectivity index (χ1) is 20.4. The van der Waals surface area contributed by atoms with Gasteiger partial charge in [0.1, 0.15) is 28.7 Å². The smallest absolute Gasteiger partial charge is 0.255 e. The molecule has 3 aromatic carbocycles. The highest BCUT2D eigenvalue weighted by Crippen LogP contribution is 2.32. The van der Waals surface area contributed by atoms with Crippen molar-refractivity contribution in [1.29, 1.82) is 0 Å². The van der Waals surface area contributed by atoms with E-state index in [2.05, 4.69) is 14.6 Å². The van der Waals surface area contributed by atoms with E-state index in [1.165, 1.54) is 18.2 Å². The number of imidazole rings is 1. The van der Waals surface area contributed by atoms with Crippen LogP contribution in [0.1, 0.15) is 40.5 Å². The molecule has 1 saturated heterocycles. The van der Waals surface area contributed by atoms with Crippen molar-refractivity contribution in [2.45, 2.75) is 25.3 Å². The summed E-state index contributed by atoms with van der Waals surface area (Å²) in [5.41, 5.74) is 5.85. The monoisotopic (exact) mass is 562 g/mol. The van der Waals surface area contributed by atoms with E-state index in [0.717, 1.165) is 35.3 Å². The van der Waals surface area contributed by atoms with Gasteiger partial charge in [0.05, 0.1) is 22.1 Å². The SMILES string of the molecule is Cn1nc(-c2cccc(F)c2)c2ncc(C(=O)N3CCC(c4nc5ccccc5n4Cc4cccc(F)c4)CC3)cc21. The minimum absolute atomic E-state index is 0.0791. The second kappa shape index (κ2) is 10.5. The molecule has 0 atom stereocenters. The fourth-order valence-corrected chi connectivity index (χ4v) is 5.99. The Kier molecular flexibility index (Phi) is 6.49. The second-order valence-corrected chi connectivity index (χ2v) is 10.8. The molecule has 9 heteroatoms. The van der Waals surface area contributed by atoms with Crippen molar-refractivity contribution in [3.63, 3.8) is 0 Å². The maximum Gasteiger partial charge on any atom is 0.255 e. The third kappa shape index (κ3) is 4.70. The Labute approximate surface area is 241 Å². The Morgan fingerprint density at radius 3 is 2.45 bits per heavy atom. The molecule has 0 bridgehead atoms. The number of para-hydroxylation sites is 2. The summed E-state index contributed by atoms with van der Waals surface area (Å²) in [5.74, 6) is 0.460. The van der Waals surface area contributed by atoms with Crippen molar-refractivity contribution in [1.82, 2.24) is 29.2 Å². The number of fused-ring (bicyclic) bond motifs is 2. The molecule has 4 heterocycles. The van der Waals surface area contributed by atoms with E-state index in [0.29, 0.717) is 47.5 Å². The number of pyridine rings is 1. The molecule has 1 aliphatic rings. The maximum absolute atomic E-state index is 13.9. The number of benzene rings is 3. The van der Waals surface area contributed by atoms with E-state index in [4.69, 9.17) is 4.98 Å². The van der Waals surface area contributed by atoms with Gasteiger partial charge in [-0.2, -0.15) is 5.10 Å². The molecule has 1 aliphatic heterocycles. The third-order valence-electron chi connectivity index (χ3n) is 8.10. The number of carbonyl (C=O) groups excluding carboxylic acids is 1. The molecular formula is C33H28F2N6O. The number of carbonyl (C=O) groups is 1. The number of halogens is 2. The van der Waals surface area contributed by atoms with Crippen LogP contribution in [0.4, 0.5) is 8.78 Å². The zero-order valence-electron chi connectivity index (χ0n) is 23.0. The number of hydrogen-bond donors (Lipinski definition) is 0. The van der Waals surface area contributed by atoms with Crippen molar-refractivity contribution in [2.75, 3.05) is 13.1 Å². The van der Waals surface area contributed by atoms with Crippen LogP contribution in [0.15, 0.2) is 85.1 Å². The highest BCUT2D eigenvalue weighted by Gasteiger charge is 2.29. The Morgan fingerprint density at radius 1 is 0.905 bits per heavy atom. The van der Waals surface area contributed by atoms with Gasteiger partial charge in [0.2, 0.25) is 0 Å². The fourth-order valence-electron chi connectivity index (χ4n) is 5.99. The van der Waals surface area contributed by atoms with Crippen molar-refractivity contribution < 1.29 is 13.6 Å². The van der Waals surface area contributed by atoms with Crippen molar-refractivity contribution in [3.05, 3.63) is 114 Å². The van der Waals surface area contributed by atoms with Crippen LogP contribution in [0.3, 0.4) is 0 Å². The molecule has 3 aromatic heterocycles. The van der Waals surface area contributed by atoms with Gasteiger partial charge >= 0.3 is 0 Å². The molecule has 7 nitrogen and oxygen atoms in total. The molecular weight excluding hydrogens is 534 g/mol. The number of piperidine rings is 1. The number of nitrogens with zero attached hydrogens (tertiary/aromatic N) is 6. The largest absolute Gasteiger partial charge is 0.339 e. The van der Waals surface area contributed by atoms with E-state index >= 15 is 0 Å². The first kappa shape index (κ1) is 26.0. The Bertz CT molecular complexity index is 1950. The number of hydrogen-bond acceptors (Lipinski definition) is 4. The molecule has 0 N–H and O–H groups in total. The maximum atomic E-state index is 13.9. The Hall–Kier alpha value is -4.92. The first-order valence-corrected chi connectivity index (χ1v) is 14.0. The highest BCUT2D eigenvalue weighted by atomic mass is 19.1. The number of amides is 1. The number of aromatic nitrogens is 5. The average Bonchev–Trinajstić information content (AvgIpc) is 3.54. The molecule has 6 aromatic rings. The van der Waals surface area contributed by atoms with Gasteiger partial charge in [-0.1, -0.05) is 36.4 Å².